The Morgan fingerprint density at radius 1 is 1.59 bits per heavy atom. The average Bonchev–Trinajstić information content (AvgIpc) is 2.72. The maximum atomic E-state index is 10.5. The number of benzene rings is 1. The minimum Gasteiger partial charge on any atom is -0.508 e. The Bertz CT molecular complexity index is 441. The fraction of sp³-hybridized carbons (Fsp3) is 0.462. The van der Waals surface area contributed by atoms with Crippen LogP contribution in [0.1, 0.15) is 18.0 Å². The molecule has 17 heavy (non-hydrogen) atoms. The van der Waals surface area contributed by atoms with Gasteiger partial charge in [-0.3, -0.25) is 0 Å². The lowest BCUT2D eigenvalue weighted by molar-refractivity contribution is 0.372. The molecular weight excluding hydrogens is 216 g/mol. The van der Waals surface area contributed by atoms with Gasteiger partial charge in [-0.25, -0.2) is 4.79 Å². The van der Waals surface area contributed by atoms with E-state index in [1.54, 1.807) is 24.3 Å². The van der Waals surface area contributed by atoms with Crippen LogP contribution in [0.2, 0.25) is 0 Å². The zero-order valence-corrected chi connectivity index (χ0v) is 9.84. The molecule has 1 N–H and O–H groups in total. The van der Waals surface area contributed by atoms with Crippen molar-refractivity contribution in [2.24, 2.45) is 10.9 Å². The van der Waals surface area contributed by atoms with Gasteiger partial charge in [0, 0.05) is 12.5 Å². The summed E-state index contributed by atoms with van der Waals surface area (Å²) in [5, 5.41) is 9.47. The number of carbonyl (C=O) groups excluding carboxylic acids is 1. The molecule has 0 bridgehead atoms. The number of phenolic OH excluding ortho intramolecular Hbond substituents is 1. The number of aliphatic imine (C=N–C) groups is 1. The second-order valence-corrected chi connectivity index (χ2v) is 4.57. The SMILES string of the molecule is CN1CCC(C(N=C=O)c2cccc(O)c2)C1. The van der Waals surface area contributed by atoms with Crippen molar-refractivity contribution in [2.75, 3.05) is 20.1 Å². The lowest BCUT2D eigenvalue weighted by Crippen LogP contribution is -2.17. The van der Waals surface area contributed by atoms with Gasteiger partial charge in [-0.05, 0) is 37.7 Å². The van der Waals surface area contributed by atoms with Gasteiger partial charge in [-0.1, -0.05) is 12.1 Å². The van der Waals surface area contributed by atoms with Crippen molar-refractivity contribution in [1.82, 2.24) is 4.90 Å². The van der Waals surface area contributed by atoms with Crippen molar-refractivity contribution < 1.29 is 9.90 Å². The van der Waals surface area contributed by atoms with E-state index in [1.807, 2.05) is 6.07 Å². The Kier molecular flexibility index (Phi) is 3.57. The molecule has 0 aromatic heterocycles. The highest BCUT2D eigenvalue weighted by atomic mass is 16.3. The van der Waals surface area contributed by atoms with Crippen LogP contribution in [0.5, 0.6) is 5.75 Å². The Hall–Kier alpha value is -1.64. The molecule has 2 unspecified atom stereocenters. The molecule has 2 atom stereocenters. The predicted molar refractivity (Wildman–Crippen MR) is 64.6 cm³/mol. The number of phenols is 1. The average molecular weight is 232 g/mol. The van der Waals surface area contributed by atoms with Crippen LogP contribution in [-0.4, -0.2) is 36.2 Å². The van der Waals surface area contributed by atoms with E-state index in [1.165, 1.54) is 0 Å². The Morgan fingerprint density at radius 3 is 3.00 bits per heavy atom. The second kappa shape index (κ2) is 5.13. The van der Waals surface area contributed by atoms with E-state index < -0.39 is 0 Å². The van der Waals surface area contributed by atoms with Crippen molar-refractivity contribution in [3.8, 4) is 5.75 Å². The normalized spacial score (nSPS) is 22.1. The van der Waals surface area contributed by atoms with E-state index in [-0.39, 0.29) is 11.8 Å². The van der Waals surface area contributed by atoms with E-state index in [0.717, 1.165) is 25.1 Å². The van der Waals surface area contributed by atoms with Gasteiger partial charge in [0.15, 0.2) is 0 Å². The molecule has 90 valence electrons. The van der Waals surface area contributed by atoms with E-state index in [0.29, 0.717) is 5.92 Å². The van der Waals surface area contributed by atoms with Crippen molar-refractivity contribution in [1.29, 1.82) is 0 Å². The molecule has 1 saturated heterocycles. The number of likely N-dealkylation sites (tertiary alicyclic amines) is 1. The van der Waals surface area contributed by atoms with E-state index >= 15 is 0 Å². The minimum absolute atomic E-state index is 0.190. The van der Waals surface area contributed by atoms with Crippen LogP contribution in [0.25, 0.3) is 0 Å². The molecule has 0 saturated carbocycles. The lowest BCUT2D eigenvalue weighted by atomic mass is 9.93. The van der Waals surface area contributed by atoms with Crippen LogP contribution < -0.4 is 0 Å². The standard InChI is InChI=1S/C13H16N2O2/c1-15-6-5-11(8-15)13(14-9-16)10-3-2-4-12(17)7-10/h2-4,7,11,13,17H,5-6,8H2,1H3. The van der Waals surface area contributed by atoms with Gasteiger partial charge in [0.1, 0.15) is 5.75 Å². The molecule has 2 rings (SSSR count). The highest BCUT2D eigenvalue weighted by molar-refractivity contribution is 5.37. The molecule has 0 aliphatic carbocycles. The first-order valence-electron chi connectivity index (χ1n) is 5.75. The zero-order valence-electron chi connectivity index (χ0n) is 9.84. The molecule has 1 aromatic carbocycles. The smallest absolute Gasteiger partial charge is 0.235 e. The monoisotopic (exact) mass is 232 g/mol. The van der Waals surface area contributed by atoms with E-state index in [4.69, 9.17) is 0 Å². The molecule has 1 aromatic rings. The highest BCUT2D eigenvalue weighted by Crippen LogP contribution is 2.33. The molecule has 1 aliphatic heterocycles. The third-order valence-corrected chi connectivity index (χ3v) is 3.28. The first kappa shape index (κ1) is 11.8. The number of rotatable bonds is 3. The molecule has 1 heterocycles. The fourth-order valence-corrected chi connectivity index (χ4v) is 2.44. The summed E-state index contributed by atoms with van der Waals surface area (Å²) in [6.07, 6.45) is 2.67. The molecule has 0 amide bonds. The lowest BCUT2D eigenvalue weighted by Gasteiger charge is -2.18. The van der Waals surface area contributed by atoms with Gasteiger partial charge in [0.25, 0.3) is 0 Å². The summed E-state index contributed by atoms with van der Waals surface area (Å²) in [5.74, 6) is 0.531. The number of hydrogen-bond donors (Lipinski definition) is 1. The maximum Gasteiger partial charge on any atom is 0.235 e. The topological polar surface area (TPSA) is 52.9 Å². The van der Waals surface area contributed by atoms with Gasteiger partial charge in [-0.15, -0.1) is 0 Å². The predicted octanol–water partition coefficient (Wildman–Crippen LogP) is 1.72. The van der Waals surface area contributed by atoms with Crippen LogP contribution in [0, 0.1) is 5.92 Å². The van der Waals surface area contributed by atoms with Crippen LogP contribution in [0.3, 0.4) is 0 Å². The number of aromatic hydroxyl groups is 1. The largest absolute Gasteiger partial charge is 0.508 e. The summed E-state index contributed by atoms with van der Waals surface area (Å²) in [7, 11) is 2.06. The highest BCUT2D eigenvalue weighted by Gasteiger charge is 2.28. The van der Waals surface area contributed by atoms with Crippen molar-refractivity contribution >= 4 is 6.08 Å². The Labute approximate surface area is 101 Å². The molecule has 0 radical (unpaired) electrons. The number of nitrogens with zero attached hydrogens (tertiary/aromatic N) is 2. The van der Waals surface area contributed by atoms with Gasteiger partial charge in [0.05, 0.1) is 6.04 Å². The van der Waals surface area contributed by atoms with Gasteiger partial charge >= 0.3 is 0 Å². The van der Waals surface area contributed by atoms with E-state index in [9.17, 15) is 9.90 Å². The summed E-state index contributed by atoms with van der Waals surface area (Å²) in [4.78, 5) is 16.7. The summed E-state index contributed by atoms with van der Waals surface area (Å²) in [6, 6.07) is 6.76. The Morgan fingerprint density at radius 2 is 2.41 bits per heavy atom. The number of isocyanates is 1. The van der Waals surface area contributed by atoms with Gasteiger partial charge in [-0.2, -0.15) is 4.99 Å². The molecule has 4 heteroatoms. The van der Waals surface area contributed by atoms with Crippen molar-refractivity contribution in [3.05, 3.63) is 29.8 Å². The zero-order chi connectivity index (χ0) is 12.3. The molecule has 1 aliphatic rings. The summed E-state index contributed by atoms with van der Waals surface area (Å²) < 4.78 is 0. The maximum absolute atomic E-state index is 10.5. The quantitative estimate of drug-likeness (QED) is 0.637. The molecule has 0 spiro atoms. The Balaban J connectivity index is 2.26. The van der Waals surface area contributed by atoms with Crippen LogP contribution >= 0.6 is 0 Å². The third-order valence-electron chi connectivity index (χ3n) is 3.28. The second-order valence-electron chi connectivity index (χ2n) is 4.57. The third kappa shape index (κ3) is 2.73. The molecular formula is C13H16N2O2. The molecule has 1 fully saturated rings. The minimum atomic E-state index is -0.190. The fourth-order valence-electron chi connectivity index (χ4n) is 2.44. The summed E-state index contributed by atoms with van der Waals surface area (Å²) in [6.45, 7) is 1.94. The van der Waals surface area contributed by atoms with Crippen LogP contribution in [0.4, 0.5) is 0 Å². The first-order valence-corrected chi connectivity index (χ1v) is 5.75. The van der Waals surface area contributed by atoms with Gasteiger partial charge in [0.2, 0.25) is 6.08 Å². The van der Waals surface area contributed by atoms with Crippen LogP contribution in [0.15, 0.2) is 29.3 Å². The van der Waals surface area contributed by atoms with E-state index in [2.05, 4.69) is 16.9 Å². The van der Waals surface area contributed by atoms with Crippen LogP contribution in [-0.2, 0) is 4.79 Å². The molecule has 4 nitrogen and oxygen atoms in total. The summed E-state index contributed by atoms with van der Waals surface area (Å²) in [5.41, 5.74) is 0.883. The van der Waals surface area contributed by atoms with Crippen molar-refractivity contribution in [3.63, 3.8) is 0 Å². The summed E-state index contributed by atoms with van der Waals surface area (Å²) >= 11 is 0. The van der Waals surface area contributed by atoms with Crippen molar-refractivity contribution in [2.45, 2.75) is 12.5 Å². The first-order chi connectivity index (χ1) is 8.20. The van der Waals surface area contributed by atoms with Gasteiger partial charge < -0.3 is 10.0 Å². The number of hydrogen-bond acceptors (Lipinski definition) is 4.